The quantitative estimate of drug-likeness (QED) is 0.875. The van der Waals surface area contributed by atoms with E-state index in [9.17, 15) is 9.90 Å². The van der Waals surface area contributed by atoms with Crippen LogP contribution < -0.4 is 0 Å². The molecule has 2 aliphatic rings. The summed E-state index contributed by atoms with van der Waals surface area (Å²) in [6.07, 6.45) is 6.35. The van der Waals surface area contributed by atoms with Crippen molar-refractivity contribution in [2.24, 2.45) is 0 Å². The molecule has 3 rings (SSSR count). The molecule has 1 amide bonds. The summed E-state index contributed by atoms with van der Waals surface area (Å²) in [6, 6.07) is 8.53. The summed E-state index contributed by atoms with van der Waals surface area (Å²) in [6.45, 7) is 8.22. The molecule has 0 radical (unpaired) electrons. The van der Waals surface area contributed by atoms with Gasteiger partial charge in [-0.05, 0) is 55.8 Å². The number of hydrogen-bond acceptors (Lipinski definition) is 3. The molecule has 1 atom stereocenters. The average Bonchev–Trinajstić information content (AvgIpc) is 2.88. The van der Waals surface area contributed by atoms with Gasteiger partial charge < -0.3 is 10.0 Å². The SMILES string of the molecule is CC(C)c1ccc(CN2CCC[C@@](O)(CN3CCCCCC3)C2=O)cc1. The van der Waals surface area contributed by atoms with E-state index in [1.807, 2.05) is 4.90 Å². The third-order valence-corrected chi connectivity index (χ3v) is 5.91. The van der Waals surface area contributed by atoms with Crippen LogP contribution in [0.25, 0.3) is 0 Å². The van der Waals surface area contributed by atoms with Gasteiger partial charge in [0.2, 0.25) is 0 Å². The molecule has 2 saturated heterocycles. The summed E-state index contributed by atoms with van der Waals surface area (Å²) in [5.74, 6) is 0.431. The van der Waals surface area contributed by atoms with Crippen LogP contribution in [0.2, 0.25) is 0 Å². The number of carbonyl (C=O) groups is 1. The van der Waals surface area contributed by atoms with Crippen LogP contribution in [-0.2, 0) is 11.3 Å². The Morgan fingerprint density at radius 1 is 1.00 bits per heavy atom. The standard InChI is InChI=1S/C22H34N2O2/c1-18(2)20-10-8-19(9-11-20)16-24-15-7-12-22(26,21(24)25)17-23-13-5-3-4-6-14-23/h8-11,18,26H,3-7,12-17H2,1-2H3/t22-/m1/s1. The molecule has 2 aliphatic heterocycles. The van der Waals surface area contributed by atoms with Crippen LogP contribution in [0, 0.1) is 0 Å². The van der Waals surface area contributed by atoms with Crippen molar-refractivity contribution in [3.05, 3.63) is 35.4 Å². The lowest BCUT2D eigenvalue weighted by atomic mass is 9.90. The highest BCUT2D eigenvalue weighted by atomic mass is 16.3. The number of aliphatic hydroxyl groups is 1. The second-order valence-electron chi connectivity index (χ2n) is 8.45. The van der Waals surface area contributed by atoms with Crippen molar-refractivity contribution in [3.63, 3.8) is 0 Å². The number of piperidine rings is 1. The van der Waals surface area contributed by atoms with Crippen molar-refractivity contribution >= 4 is 5.91 Å². The van der Waals surface area contributed by atoms with Crippen molar-refractivity contribution in [1.82, 2.24) is 9.80 Å². The van der Waals surface area contributed by atoms with Gasteiger partial charge in [-0.25, -0.2) is 0 Å². The molecule has 2 fully saturated rings. The summed E-state index contributed by atoms with van der Waals surface area (Å²) in [5.41, 5.74) is 1.25. The first kappa shape index (κ1) is 19.4. The lowest BCUT2D eigenvalue weighted by molar-refractivity contribution is -0.160. The van der Waals surface area contributed by atoms with E-state index in [1.54, 1.807) is 0 Å². The Morgan fingerprint density at radius 2 is 1.65 bits per heavy atom. The third kappa shape index (κ3) is 4.66. The Kier molecular flexibility index (Phi) is 6.36. The Balaban J connectivity index is 1.64. The highest BCUT2D eigenvalue weighted by Gasteiger charge is 2.43. The van der Waals surface area contributed by atoms with Crippen LogP contribution in [0.4, 0.5) is 0 Å². The minimum atomic E-state index is -1.21. The van der Waals surface area contributed by atoms with Gasteiger partial charge in [0.25, 0.3) is 5.91 Å². The maximum Gasteiger partial charge on any atom is 0.256 e. The van der Waals surface area contributed by atoms with E-state index < -0.39 is 5.60 Å². The average molecular weight is 359 g/mol. The van der Waals surface area contributed by atoms with Gasteiger partial charge >= 0.3 is 0 Å². The van der Waals surface area contributed by atoms with Crippen molar-refractivity contribution < 1.29 is 9.90 Å². The smallest absolute Gasteiger partial charge is 0.256 e. The van der Waals surface area contributed by atoms with Gasteiger partial charge in [0.1, 0.15) is 0 Å². The van der Waals surface area contributed by atoms with E-state index in [2.05, 4.69) is 43.0 Å². The summed E-state index contributed by atoms with van der Waals surface area (Å²) in [4.78, 5) is 17.2. The topological polar surface area (TPSA) is 43.8 Å². The van der Waals surface area contributed by atoms with Crippen molar-refractivity contribution in [2.75, 3.05) is 26.2 Å². The molecule has 0 aliphatic carbocycles. The molecule has 0 bridgehead atoms. The van der Waals surface area contributed by atoms with Gasteiger partial charge in [0.15, 0.2) is 5.60 Å². The fourth-order valence-electron chi connectivity index (χ4n) is 4.26. The van der Waals surface area contributed by atoms with E-state index >= 15 is 0 Å². The molecule has 0 saturated carbocycles. The molecule has 4 heteroatoms. The summed E-state index contributed by atoms with van der Waals surface area (Å²) in [7, 11) is 0. The van der Waals surface area contributed by atoms with E-state index in [4.69, 9.17) is 0 Å². The zero-order valence-corrected chi connectivity index (χ0v) is 16.4. The number of nitrogens with zero attached hydrogens (tertiary/aromatic N) is 2. The zero-order chi connectivity index (χ0) is 18.6. The third-order valence-electron chi connectivity index (χ3n) is 5.91. The molecule has 26 heavy (non-hydrogen) atoms. The van der Waals surface area contributed by atoms with Gasteiger partial charge in [0, 0.05) is 19.6 Å². The summed E-state index contributed by atoms with van der Waals surface area (Å²) in [5, 5.41) is 11.1. The number of likely N-dealkylation sites (tertiary alicyclic amines) is 2. The van der Waals surface area contributed by atoms with E-state index in [-0.39, 0.29) is 5.91 Å². The van der Waals surface area contributed by atoms with E-state index in [0.717, 1.165) is 31.6 Å². The van der Waals surface area contributed by atoms with Crippen molar-refractivity contribution in [1.29, 1.82) is 0 Å². The molecule has 0 aromatic heterocycles. The summed E-state index contributed by atoms with van der Waals surface area (Å²) < 4.78 is 0. The lowest BCUT2D eigenvalue weighted by Crippen LogP contribution is -2.58. The van der Waals surface area contributed by atoms with Crippen LogP contribution in [0.15, 0.2) is 24.3 Å². The Bertz CT molecular complexity index is 591. The monoisotopic (exact) mass is 358 g/mol. The van der Waals surface area contributed by atoms with Gasteiger partial charge in [-0.15, -0.1) is 0 Å². The maximum atomic E-state index is 13.0. The van der Waals surface area contributed by atoms with Crippen LogP contribution in [0.5, 0.6) is 0 Å². The maximum absolute atomic E-state index is 13.0. The molecule has 1 N–H and O–H groups in total. The first-order valence-electron chi connectivity index (χ1n) is 10.3. The van der Waals surface area contributed by atoms with Crippen molar-refractivity contribution in [2.45, 2.75) is 70.4 Å². The fraction of sp³-hybridized carbons (Fsp3) is 0.682. The van der Waals surface area contributed by atoms with Gasteiger partial charge in [-0.2, -0.15) is 0 Å². The second-order valence-corrected chi connectivity index (χ2v) is 8.45. The highest BCUT2D eigenvalue weighted by Crippen LogP contribution is 2.26. The number of hydrogen-bond donors (Lipinski definition) is 1. The molecule has 4 nitrogen and oxygen atoms in total. The van der Waals surface area contributed by atoms with E-state index in [0.29, 0.717) is 25.4 Å². The molecule has 144 valence electrons. The summed E-state index contributed by atoms with van der Waals surface area (Å²) >= 11 is 0. The van der Waals surface area contributed by atoms with Gasteiger partial charge in [-0.3, -0.25) is 9.69 Å². The molecule has 2 heterocycles. The molecule has 0 spiro atoms. The molecule has 1 aromatic rings. The van der Waals surface area contributed by atoms with Crippen molar-refractivity contribution in [3.8, 4) is 0 Å². The molecular weight excluding hydrogens is 324 g/mol. The fourth-order valence-corrected chi connectivity index (χ4v) is 4.26. The first-order chi connectivity index (χ1) is 12.5. The van der Waals surface area contributed by atoms with E-state index in [1.165, 1.54) is 31.2 Å². The van der Waals surface area contributed by atoms with Crippen LogP contribution in [0.1, 0.15) is 69.4 Å². The Hall–Kier alpha value is -1.39. The molecule has 0 unspecified atom stereocenters. The predicted octanol–water partition coefficient (Wildman–Crippen LogP) is 3.54. The largest absolute Gasteiger partial charge is 0.379 e. The Morgan fingerprint density at radius 3 is 2.27 bits per heavy atom. The zero-order valence-electron chi connectivity index (χ0n) is 16.4. The number of carbonyl (C=O) groups excluding carboxylic acids is 1. The van der Waals surface area contributed by atoms with Crippen LogP contribution >= 0.6 is 0 Å². The first-order valence-corrected chi connectivity index (χ1v) is 10.3. The second kappa shape index (κ2) is 8.53. The van der Waals surface area contributed by atoms with Crippen LogP contribution in [-0.4, -0.2) is 52.6 Å². The van der Waals surface area contributed by atoms with Gasteiger partial charge in [-0.1, -0.05) is 51.0 Å². The Labute approximate surface area is 158 Å². The number of amides is 1. The van der Waals surface area contributed by atoms with Gasteiger partial charge in [0.05, 0.1) is 0 Å². The number of rotatable bonds is 5. The van der Waals surface area contributed by atoms with Crippen LogP contribution in [0.3, 0.4) is 0 Å². The molecule has 1 aromatic carbocycles. The number of benzene rings is 1. The minimum absolute atomic E-state index is 0.0825. The lowest BCUT2D eigenvalue weighted by Gasteiger charge is -2.40. The minimum Gasteiger partial charge on any atom is -0.379 e. The number of β-amino-alcohol motifs (C(OH)–C–C–N with tert-alkyl or cyclic N) is 1. The predicted molar refractivity (Wildman–Crippen MR) is 105 cm³/mol. The molecular formula is C22H34N2O2. The highest BCUT2D eigenvalue weighted by molar-refractivity contribution is 5.86. The normalized spacial score (nSPS) is 25.5.